The Labute approximate surface area is 321 Å². The zero-order valence-electron chi connectivity index (χ0n) is 30.6. The normalized spacial score (nSPS) is 12.7. The average molecular weight is 876 g/mol. The molecule has 5 aromatic carbocycles. The van der Waals surface area contributed by atoms with Gasteiger partial charge in [0.25, 0.3) is 0 Å². The Hall–Kier alpha value is -5.00. The van der Waals surface area contributed by atoms with Gasteiger partial charge in [0.05, 0.1) is 13.7 Å². The number of furan rings is 1. The Bertz CT molecular complexity index is 2440. The number of benzene rings is 5. The number of hydrogen-bond donors (Lipinski definition) is 0. The number of nitrogens with zero attached hydrogens (tertiary/aromatic N) is 2. The minimum absolute atomic E-state index is 0. The van der Waals surface area contributed by atoms with Crippen LogP contribution in [0.5, 0.6) is 0 Å². The molecule has 0 N–H and O–H groups in total. The quantitative estimate of drug-likeness (QED) is 0.118. The Morgan fingerprint density at radius 1 is 0.750 bits per heavy atom. The van der Waals surface area contributed by atoms with Crippen molar-refractivity contribution in [3.05, 3.63) is 186 Å². The molecule has 0 amide bonds. The minimum atomic E-state index is -1.30. The van der Waals surface area contributed by atoms with Gasteiger partial charge in [0, 0.05) is 51.0 Å². The molecule has 8 rings (SSSR count). The van der Waals surface area contributed by atoms with Gasteiger partial charge < -0.3 is 14.4 Å². The summed E-state index contributed by atoms with van der Waals surface area (Å²) >= 11 is 0. The van der Waals surface area contributed by atoms with Crippen LogP contribution in [0.3, 0.4) is 0 Å². The monoisotopic (exact) mass is 876 g/mol. The summed E-state index contributed by atoms with van der Waals surface area (Å²) < 4.78 is 28.2. The van der Waals surface area contributed by atoms with E-state index in [0.29, 0.717) is 0 Å². The van der Waals surface area contributed by atoms with Crippen LogP contribution in [-0.4, -0.2) is 18.0 Å². The SMILES string of the molecule is C[Si](C)(C)c1ccc(-c2[c-]cc(F)cc2)nc1.[2H]C(C)(c1ccccc1)c1ccc2oc3c(-c4cc(Cc5ccccc5)ccn4)[c-]ccc3c2c1.[Ir]. The molecule has 0 aliphatic rings. The van der Waals surface area contributed by atoms with Crippen LogP contribution in [0.25, 0.3) is 44.5 Å². The van der Waals surface area contributed by atoms with E-state index in [0.717, 1.165) is 62.0 Å². The van der Waals surface area contributed by atoms with Crippen LogP contribution in [0, 0.1) is 17.9 Å². The summed E-state index contributed by atoms with van der Waals surface area (Å²) in [6.45, 7) is 8.79. The Kier molecular flexibility index (Phi) is 11.0. The van der Waals surface area contributed by atoms with Gasteiger partial charge >= 0.3 is 0 Å². The first-order valence-corrected chi connectivity index (χ1v) is 20.6. The van der Waals surface area contributed by atoms with Crippen molar-refractivity contribution < 1.29 is 30.3 Å². The maximum Gasteiger partial charge on any atom is 0.120 e. The maximum absolute atomic E-state index is 12.8. The summed E-state index contributed by atoms with van der Waals surface area (Å²) in [7, 11) is -1.30. The molecule has 3 heterocycles. The van der Waals surface area contributed by atoms with Crippen LogP contribution in [-0.2, 0) is 26.5 Å². The van der Waals surface area contributed by atoms with E-state index in [9.17, 15) is 4.39 Å². The minimum Gasteiger partial charge on any atom is -0.501 e. The van der Waals surface area contributed by atoms with E-state index in [1.165, 1.54) is 28.4 Å². The van der Waals surface area contributed by atoms with Crippen molar-refractivity contribution in [2.45, 2.75) is 38.9 Å². The van der Waals surface area contributed by atoms with E-state index in [1.807, 2.05) is 86.0 Å². The molecule has 0 fully saturated rings. The molecular weight excluding hydrogens is 836 g/mol. The van der Waals surface area contributed by atoms with E-state index in [2.05, 4.69) is 90.3 Å². The molecule has 6 heteroatoms. The summed E-state index contributed by atoms with van der Waals surface area (Å²) in [5.41, 5.74) is 9.28. The Balaban J connectivity index is 0.000000226. The number of fused-ring (bicyclic) bond motifs is 3. The molecule has 1 radical (unpaired) electrons. The van der Waals surface area contributed by atoms with Crippen molar-refractivity contribution in [3.63, 3.8) is 0 Å². The fourth-order valence-corrected chi connectivity index (χ4v) is 7.17. The van der Waals surface area contributed by atoms with Crippen molar-refractivity contribution in [2.24, 2.45) is 0 Å². The first-order chi connectivity index (χ1) is 25.1. The van der Waals surface area contributed by atoms with Crippen LogP contribution >= 0.6 is 0 Å². The molecule has 0 aliphatic carbocycles. The predicted molar refractivity (Wildman–Crippen MR) is 210 cm³/mol. The fraction of sp³-hybridized carbons (Fsp3) is 0.130. The van der Waals surface area contributed by atoms with Crippen molar-refractivity contribution in [1.29, 1.82) is 0 Å². The van der Waals surface area contributed by atoms with Gasteiger partial charge in [0.15, 0.2) is 0 Å². The summed E-state index contributed by atoms with van der Waals surface area (Å²) in [4.78, 5) is 9.07. The topological polar surface area (TPSA) is 38.9 Å². The van der Waals surface area contributed by atoms with Gasteiger partial charge in [-0.1, -0.05) is 122 Å². The Morgan fingerprint density at radius 2 is 1.52 bits per heavy atom. The second-order valence-electron chi connectivity index (χ2n) is 13.7. The predicted octanol–water partition coefficient (Wildman–Crippen LogP) is 11.4. The molecule has 0 saturated carbocycles. The molecule has 0 aliphatic heterocycles. The van der Waals surface area contributed by atoms with Crippen LogP contribution in [0.4, 0.5) is 4.39 Å². The number of halogens is 1. The molecule has 3 nitrogen and oxygen atoms in total. The van der Waals surface area contributed by atoms with Crippen LogP contribution in [0.15, 0.2) is 150 Å². The third kappa shape index (κ3) is 8.37. The largest absolute Gasteiger partial charge is 0.501 e. The summed E-state index contributed by atoms with van der Waals surface area (Å²) in [5.74, 6) is -1.14. The molecule has 0 spiro atoms. The number of hydrogen-bond acceptors (Lipinski definition) is 3. The summed E-state index contributed by atoms with van der Waals surface area (Å²) in [5, 5.41) is 3.33. The smallest absolute Gasteiger partial charge is 0.120 e. The van der Waals surface area contributed by atoms with Crippen molar-refractivity contribution in [1.82, 2.24) is 9.97 Å². The third-order valence-corrected chi connectivity index (χ3v) is 11.1. The van der Waals surface area contributed by atoms with Gasteiger partial charge in [0.2, 0.25) is 0 Å². The average Bonchev–Trinajstić information content (AvgIpc) is 3.54. The van der Waals surface area contributed by atoms with E-state index >= 15 is 0 Å². The molecular formula is C46H39FIrN2OSi-2. The van der Waals surface area contributed by atoms with E-state index in [4.69, 9.17) is 5.79 Å². The first-order valence-electron chi connectivity index (χ1n) is 17.6. The molecule has 8 aromatic rings. The van der Waals surface area contributed by atoms with Crippen LogP contribution in [0.1, 0.15) is 36.4 Å². The van der Waals surface area contributed by atoms with Crippen molar-refractivity contribution in [2.75, 3.05) is 0 Å². The molecule has 0 saturated heterocycles. The molecule has 1 unspecified atom stereocenters. The molecule has 52 heavy (non-hydrogen) atoms. The molecule has 3 aromatic heterocycles. The van der Waals surface area contributed by atoms with Gasteiger partial charge in [-0.25, -0.2) is 0 Å². The van der Waals surface area contributed by atoms with E-state index in [1.54, 1.807) is 6.07 Å². The molecule has 0 bridgehead atoms. The Morgan fingerprint density at radius 3 is 2.21 bits per heavy atom. The zero-order valence-corrected chi connectivity index (χ0v) is 33.0. The summed E-state index contributed by atoms with van der Waals surface area (Å²) in [6.07, 6.45) is 4.63. The molecule has 261 valence electrons. The van der Waals surface area contributed by atoms with Crippen LogP contribution in [0.2, 0.25) is 19.6 Å². The second-order valence-corrected chi connectivity index (χ2v) is 18.8. The molecule has 1 atom stereocenters. The van der Waals surface area contributed by atoms with Gasteiger partial charge in [-0.3, -0.25) is 4.39 Å². The van der Waals surface area contributed by atoms with Crippen molar-refractivity contribution in [3.8, 4) is 22.5 Å². The van der Waals surface area contributed by atoms with E-state index < -0.39 is 14.0 Å². The zero-order chi connectivity index (χ0) is 36.3. The van der Waals surface area contributed by atoms with Gasteiger partial charge in [-0.2, -0.15) is 0 Å². The number of rotatable bonds is 7. The third-order valence-electron chi connectivity index (χ3n) is 9.08. The number of pyridine rings is 2. The second kappa shape index (κ2) is 16.1. The first kappa shape index (κ1) is 35.4. The fourth-order valence-electron chi connectivity index (χ4n) is 6.13. The van der Waals surface area contributed by atoms with Crippen molar-refractivity contribution >= 4 is 35.2 Å². The van der Waals surface area contributed by atoms with E-state index in [-0.39, 0.29) is 25.9 Å². The number of aromatic nitrogens is 2. The van der Waals surface area contributed by atoms with Gasteiger partial charge in [-0.15, -0.1) is 48.0 Å². The van der Waals surface area contributed by atoms with Crippen LogP contribution < -0.4 is 5.19 Å². The van der Waals surface area contributed by atoms with Gasteiger partial charge in [0.1, 0.15) is 5.58 Å². The summed E-state index contributed by atoms with van der Waals surface area (Å²) in [6, 6.07) is 49.4. The maximum atomic E-state index is 12.8. The van der Waals surface area contributed by atoms with Gasteiger partial charge in [-0.05, 0) is 63.4 Å². The standard InChI is InChI=1S/C32H24NO.C14H15FNSi.Ir/c1-22(25-11-6-3-7-12-25)26-15-16-31-29(21-26)27-13-8-14-28(32(27)34-31)30-20-24(17-18-33-30)19-23-9-4-2-5-10-23;1-17(2,3)13-8-9-14(16-10-13)11-4-6-12(15)7-5-11;/h2-13,15-18,20-22H,19H2,1H3;4,6-10H,1-3H3;/q2*-1;/i22D;;.